The molecule has 1 aliphatic rings. The van der Waals surface area contributed by atoms with Gasteiger partial charge in [-0.2, -0.15) is 5.10 Å². The van der Waals surface area contributed by atoms with Gasteiger partial charge in [0, 0.05) is 42.0 Å². The van der Waals surface area contributed by atoms with Gasteiger partial charge in [0.05, 0.1) is 25.5 Å². The van der Waals surface area contributed by atoms with Crippen molar-refractivity contribution in [1.82, 2.24) is 19.7 Å². The van der Waals surface area contributed by atoms with Gasteiger partial charge in [-0.15, -0.1) is 11.3 Å². The lowest BCUT2D eigenvalue weighted by molar-refractivity contribution is -0.0128. The summed E-state index contributed by atoms with van der Waals surface area (Å²) in [6.45, 7) is 9.69. The number of aromatic nitrogens is 3. The lowest BCUT2D eigenvalue weighted by atomic mass is 10.2. The van der Waals surface area contributed by atoms with Crippen LogP contribution in [0.3, 0.4) is 0 Å². The molecule has 5 nitrogen and oxygen atoms in total. The minimum atomic E-state index is 0.264. The smallest absolute Gasteiger partial charge is 0.112 e. The van der Waals surface area contributed by atoms with E-state index in [-0.39, 0.29) is 6.04 Å². The first-order valence-corrected chi connectivity index (χ1v) is 8.28. The van der Waals surface area contributed by atoms with Crippen molar-refractivity contribution in [3.63, 3.8) is 0 Å². The fourth-order valence-corrected chi connectivity index (χ4v) is 3.47. The van der Waals surface area contributed by atoms with Crippen LogP contribution in [0.4, 0.5) is 0 Å². The average molecular weight is 306 g/mol. The van der Waals surface area contributed by atoms with E-state index in [9.17, 15) is 0 Å². The van der Waals surface area contributed by atoms with Crippen molar-refractivity contribution in [2.45, 2.75) is 39.4 Å². The highest BCUT2D eigenvalue weighted by atomic mass is 32.1. The van der Waals surface area contributed by atoms with Gasteiger partial charge in [0.15, 0.2) is 0 Å². The fraction of sp³-hybridized carbons (Fsp3) is 0.600. The van der Waals surface area contributed by atoms with E-state index in [1.54, 1.807) is 11.3 Å². The van der Waals surface area contributed by atoms with Crippen LogP contribution in [0, 0.1) is 6.92 Å². The lowest BCUT2D eigenvalue weighted by Crippen LogP contribution is -2.38. The first-order chi connectivity index (χ1) is 10.1. The van der Waals surface area contributed by atoms with Crippen molar-refractivity contribution < 1.29 is 4.74 Å². The van der Waals surface area contributed by atoms with Crippen molar-refractivity contribution in [3.05, 3.63) is 34.0 Å². The number of hydrogen-bond donors (Lipinski definition) is 0. The van der Waals surface area contributed by atoms with Crippen LogP contribution >= 0.6 is 11.3 Å². The minimum Gasteiger partial charge on any atom is -0.378 e. The highest BCUT2D eigenvalue weighted by Gasteiger charge is 2.27. The van der Waals surface area contributed by atoms with Crippen LogP contribution in [-0.4, -0.2) is 39.4 Å². The number of rotatable bonds is 4. The molecule has 1 fully saturated rings. The Balaban J connectivity index is 1.74. The lowest BCUT2D eigenvalue weighted by Gasteiger charge is -2.34. The number of thiazole rings is 1. The van der Waals surface area contributed by atoms with E-state index >= 15 is 0 Å². The van der Waals surface area contributed by atoms with Crippen molar-refractivity contribution in [2.24, 2.45) is 0 Å². The topological polar surface area (TPSA) is 43.2 Å². The van der Waals surface area contributed by atoms with Gasteiger partial charge >= 0.3 is 0 Å². The van der Waals surface area contributed by atoms with Gasteiger partial charge in [-0.1, -0.05) is 0 Å². The number of ether oxygens (including phenoxy) is 1. The molecular weight excluding hydrogens is 284 g/mol. The first-order valence-electron chi connectivity index (χ1n) is 7.40. The standard InChI is InChI=1S/C15H22N4OS/c1-11(2)19-8-13(6-16-19)7-18-4-5-20-9-14(18)15-17-12(3)10-21-15/h6,8,10-11,14H,4-5,7,9H2,1-3H3. The Labute approximate surface area is 129 Å². The maximum Gasteiger partial charge on any atom is 0.112 e. The molecule has 1 unspecified atom stereocenters. The largest absolute Gasteiger partial charge is 0.378 e. The molecule has 0 N–H and O–H groups in total. The highest BCUT2D eigenvalue weighted by molar-refractivity contribution is 7.09. The molecule has 0 spiro atoms. The second-order valence-corrected chi connectivity index (χ2v) is 6.70. The van der Waals surface area contributed by atoms with Gasteiger partial charge in [0.2, 0.25) is 0 Å². The van der Waals surface area contributed by atoms with E-state index < -0.39 is 0 Å². The summed E-state index contributed by atoms with van der Waals surface area (Å²) in [6.07, 6.45) is 4.11. The zero-order valence-corrected chi connectivity index (χ0v) is 13.6. The molecule has 0 bridgehead atoms. The summed E-state index contributed by atoms with van der Waals surface area (Å²) < 4.78 is 7.67. The van der Waals surface area contributed by atoms with Crippen LogP contribution in [0.5, 0.6) is 0 Å². The van der Waals surface area contributed by atoms with Gasteiger partial charge in [0.1, 0.15) is 5.01 Å². The Kier molecular flexibility index (Phi) is 4.37. The maximum absolute atomic E-state index is 5.66. The molecular formula is C15H22N4OS. The van der Waals surface area contributed by atoms with Gasteiger partial charge in [-0.25, -0.2) is 4.98 Å². The van der Waals surface area contributed by atoms with E-state index in [1.807, 2.05) is 17.8 Å². The molecule has 0 amide bonds. The van der Waals surface area contributed by atoms with Crippen LogP contribution in [0.25, 0.3) is 0 Å². The SMILES string of the molecule is Cc1csc(C2COCCN2Cc2cnn(C(C)C)c2)n1. The Morgan fingerprint density at radius 3 is 3.00 bits per heavy atom. The monoisotopic (exact) mass is 306 g/mol. The molecule has 2 aromatic heterocycles. The molecule has 21 heavy (non-hydrogen) atoms. The molecule has 2 aromatic rings. The highest BCUT2D eigenvalue weighted by Crippen LogP contribution is 2.28. The van der Waals surface area contributed by atoms with Crippen molar-refractivity contribution in [3.8, 4) is 0 Å². The molecule has 0 radical (unpaired) electrons. The summed E-state index contributed by atoms with van der Waals surface area (Å²) in [4.78, 5) is 7.08. The van der Waals surface area contributed by atoms with Gasteiger partial charge in [0.25, 0.3) is 0 Å². The third-order valence-corrected chi connectivity index (χ3v) is 4.79. The summed E-state index contributed by atoms with van der Waals surface area (Å²) in [7, 11) is 0. The molecule has 1 saturated heterocycles. The van der Waals surface area contributed by atoms with E-state index in [0.29, 0.717) is 6.04 Å². The van der Waals surface area contributed by atoms with Crippen molar-refractivity contribution >= 4 is 11.3 Å². The second kappa shape index (κ2) is 6.25. The van der Waals surface area contributed by atoms with Crippen LogP contribution in [0.1, 0.15) is 42.2 Å². The zero-order valence-electron chi connectivity index (χ0n) is 12.8. The summed E-state index contributed by atoms with van der Waals surface area (Å²) in [5, 5.41) is 7.69. The normalized spacial score (nSPS) is 20.3. The van der Waals surface area contributed by atoms with Crippen LogP contribution in [-0.2, 0) is 11.3 Å². The summed E-state index contributed by atoms with van der Waals surface area (Å²) in [5.74, 6) is 0. The predicted molar refractivity (Wildman–Crippen MR) is 83.4 cm³/mol. The second-order valence-electron chi connectivity index (χ2n) is 5.81. The predicted octanol–water partition coefficient (Wildman–Crippen LogP) is 2.80. The number of nitrogens with zero attached hydrogens (tertiary/aromatic N) is 4. The molecule has 3 heterocycles. The average Bonchev–Trinajstić information content (AvgIpc) is 3.09. The molecule has 0 aliphatic carbocycles. The summed E-state index contributed by atoms with van der Waals surface area (Å²) >= 11 is 1.73. The molecule has 0 aromatic carbocycles. The fourth-order valence-electron chi connectivity index (χ4n) is 2.56. The number of hydrogen-bond acceptors (Lipinski definition) is 5. The Morgan fingerprint density at radius 1 is 1.48 bits per heavy atom. The van der Waals surface area contributed by atoms with E-state index in [4.69, 9.17) is 4.74 Å². The molecule has 1 atom stereocenters. The van der Waals surface area contributed by atoms with E-state index in [1.165, 1.54) is 5.56 Å². The number of morpholine rings is 1. The Hall–Kier alpha value is -1.24. The summed E-state index contributed by atoms with van der Waals surface area (Å²) in [6, 6.07) is 0.667. The molecule has 6 heteroatoms. The van der Waals surface area contributed by atoms with Gasteiger partial charge in [-0.05, 0) is 20.8 Å². The third-order valence-electron chi connectivity index (χ3n) is 3.73. The minimum absolute atomic E-state index is 0.264. The Bertz CT molecular complexity index is 592. The third kappa shape index (κ3) is 3.33. The molecule has 0 saturated carbocycles. The summed E-state index contributed by atoms with van der Waals surface area (Å²) in [5.41, 5.74) is 2.34. The zero-order chi connectivity index (χ0) is 14.8. The van der Waals surface area contributed by atoms with Crippen LogP contribution < -0.4 is 0 Å². The molecule has 1 aliphatic heterocycles. The van der Waals surface area contributed by atoms with Crippen LogP contribution in [0.15, 0.2) is 17.8 Å². The quantitative estimate of drug-likeness (QED) is 0.871. The molecule has 3 rings (SSSR count). The van der Waals surface area contributed by atoms with Crippen molar-refractivity contribution in [1.29, 1.82) is 0 Å². The van der Waals surface area contributed by atoms with Gasteiger partial charge < -0.3 is 4.74 Å². The Morgan fingerprint density at radius 2 is 2.33 bits per heavy atom. The van der Waals surface area contributed by atoms with Crippen LogP contribution in [0.2, 0.25) is 0 Å². The van der Waals surface area contributed by atoms with Crippen molar-refractivity contribution in [2.75, 3.05) is 19.8 Å². The first kappa shape index (κ1) is 14.7. The van der Waals surface area contributed by atoms with E-state index in [0.717, 1.165) is 37.0 Å². The van der Waals surface area contributed by atoms with Gasteiger partial charge in [-0.3, -0.25) is 9.58 Å². The number of aryl methyl sites for hydroxylation is 1. The molecule has 114 valence electrons. The maximum atomic E-state index is 5.66. The van der Waals surface area contributed by atoms with E-state index in [2.05, 4.69) is 40.4 Å².